The van der Waals surface area contributed by atoms with Crippen molar-refractivity contribution in [2.24, 2.45) is 0 Å². The van der Waals surface area contributed by atoms with Crippen molar-refractivity contribution in [3.05, 3.63) is 63.1 Å². The van der Waals surface area contributed by atoms with E-state index in [4.69, 9.17) is 16.3 Å². The Labute approximate surface area is 131 Å². The molecule has 1 amide bonds. The fraction of sp³-hybridized carbons (Fsp3) is 0.133. The summed E-state index contributed by atoms with van der Waals surface area (Å²) in [5.74, 6) is 0.408. The number of hydrogen-bond donors (Lipinski definition) is 1. The number of benzene rings is 2. The smallest absolute Gasteiger partial charge is 0.253 e. The minimum Gasteiger partial charge on any atom is -0.497 e. The molecule has 0 aliphatic heterocycles. The van der Waals surface area contributed by atoms with Crippen LogP contribution in [-0.4, -0.2) is 13.0 Å². The number of nitrogens with one attached hydrogen (secondary N) is 1. The van der Waals surface area contributed by atoms with Gasteiger partial charge in [-0.15, -0.1) is 0 Å². The van der Waals surface area contributed by atoms with Crippen LogP contribution in [0.15, 0.2) is 46.9 Å². The highest BCUT2D eigenvalue weighted by atomic mass is 79.9. The number of carbonyl (C=O) groups is 1. The number of ether oxygens (including phenoxy) is 1. The van der Waals surface area contributed by atoms with Crippen LogP contribution in [0.25, 0.3) is 0 Å². The largest absolute Gasteiger partial charge is 0.497 e. The molecule has 0 spiro atoms. The molecule has 0 aromatic heterocycles. The van der Waals surface area contributed by atoms with E-state index in [1.54, 1.807) is 25.3 Å². The van der Waals surface area contributed by atoms with E-state index in [0.29, 0.717) is 22.9 Å². The summed E-state index contributed by atoms with van der Waals surface area (Å²) < 4.78 is 6.01. The Morgan fingerprint density at radius 2 is 2.05 bits per heavy atom. The Morgan fingerprint density at radius 3 is 2.70 bits per heavy atom. The van der Waals surface area contributed by atoms with Crippen LogP contribution in [0.5, 0.6) is 5.75 Å². The van der Waals surface area contributed by atoms with Crippen LogP contribution in [0.3, 0.4) is 0 Å². The molecule has 0 aliphatic rings. The molecule has 0 bridgehead atoms. The topological polar surface area (TPSA) is 38.3 Å². The van der Waals surface area contributed by atoms with Crippen molar-refractivity contribution >= 4 is 33.4 Å². The van der Waals surface area contributed by atoms with Gasteiger partial charge in [0.25, 0.3) is 5.91 Å². The summed E-state index contributed by atoms with van der Waals surface area (Å²) in [5.41, 5.74) is 1.44. The van der Waals surface area contributed by atoms with Gasteiger partial charge in [0.2, 0.25) is 0 Å². The van der Waals surface area contributed by atoms with Gasteiger partial charge in [-0.05, 0) is 29.8 Å². The second kappa shape index (κ2) is 6.77. The molecular weight excluding hydrogens is 342 g/mol. The van der Waals surface area contributed by atoms with Crippen LogP contribution in [0.2, 0.25) is 5.02 Å². The van der Waals surface area contributed by atoms with Gasteiger partial charge in [-0.1, -0.05) is 45.7 Å². The van der Waals surface area contributed by atoms with E-state index in [-0.39, 0.29) is 5.91 Å². The molecule has 0 atom stereocenters. The highest BCUT2D eigenvalue weighted by molar-refractivity contribution is 9.10. The van der Waals surface area contributed by atoms with Crippen molar-refractivity contribution in [3.63, 3.8) is 0 Å². The SMILES string of the molecule is COc1ccc(C(=O)NCc2ccccc2Br)c(Cl)c1. The number of amides is 1. The first kappa shape index (κ1) is 14.9. The average molecular weight is 355 g/mol. The zero-order valence-electron chi connectivity index (χ0n) is 10.8. The van der Waals surface area contributed by atoms with Gasteiger partial charge in [0.15, 0.2) is 0 Å². The van der Waals surface area contributed by atoms with Gasteiger partial charge in [-0.3, -0.25) is 4.79 Å². The van der Waals surface area contributed by atoms with Gasteiger partial charge in [0, 0.05) is 11.0 Å². The van der Waals surface area contributed by atoms with Crippen LogP contribution >= 0.6 is 27.5 Å². The van der Waals surface area contributed by atoms with Crippen molar-refractivity contribution in [2.45, 2.75) is 6.54 Å². The maximum absolute atomic E-state index is 12.1. The van der Waals surface area contributed by atoms with Crippen molar-refractivity contribution in [1.29, 1.82) is 0 Å². The second-order valence-electron chi connectivity index (χ2n) is 4.12. The van der Waals surface area contributed by atoms with Crippen LogP contribution in [0.4, 0.5) is 0 Å². The van der Waals surface area contributed by atoms with Crippen molar-refractivity contribution in [2.75, 3.05) is 7.11 Å². The van der Waals surface area contributed by atoms with Crippen molar-refractivity contribution < 1.29 is 9.53 Å². The summed E-state index contributed by atoms with van der Waals surface area (Å²) in [4.78, 5) is 12.1. The molecule has 2 aromatic carbocycles. The Morgan fingerprint density at radius 1 is 1.30 bits per heavy atom. The van der Waals surface area contributed by atoms with E-state index < -0.39 is 0 Å². The van der Waals surface area contributed by atoms with Crippen molar-refractivity contribution in [1.82, 2.24) is 5.32 Å². The number of carbonyl (C=O) groups excluding carboxylic acids is 1. The fourth-order valence-electron chi connectivity index (χ4n) is 1.72. The summed E-state index contributed by atoms with van der Waals surface area (Å²) in [6.07, 6.45) is 0. The predicted octanol–water partition coefficient (Wildman–Crippen LogP) is 4.04. The van der Waals surface area contributed by atoms with Crippen LogP contribution in [0, 0.1) is 0 Å². The van der Waals surface area contributed by atoms with Gasteiger partial charge in [-0.25, -0.2) is 0 Å². The summed E-state index contributed by atoms with van der Waals surface area (Å²) in [7, 11) is 1.55. The van der Waals surface area contributed by atoms with Gasteiger partial charge in [0.05, 0.1) is 17.7 Å². The second-order valence-corrected chi connectivity index (χ2v) is 5.38. The standard InChI is InChI=1S/C15H13BrClNO2/c1-20-11-6-7-12(14(17)8-11)15(19)18-9-10-4-2-3-5-13(10)16/h2-8H,9H2,1H3,(H,18,19). The molecular formula is C15H13BrClNO2. The lowest BCUT2D eigenvalue weighted by Gasteiger charge is -2.09. The first-order chi connectivity index (χ1) is 9.61. The van der Waals surface area contributed by atoms with E-state index in [2.05, 4.69) is 21.2 Å². The Kier molecular flexibility index (Phi) is 5.04. The van der Waals surface area contributed by atoms with Crippen LogP contribution in [0.1, 0.15) is 15.9 Å². The average Bonchev–Trinajstić information content (AvgIpc) is 2.46. The molecule has 20 heavy (non-hydrogen) atoms. The Hall–Kier alpha value is -1.52. The minimum atomic E-state index is -0.214. The zero-order valence-corrected chi connectivity index (χ0v) is 13.2. The van der Waals surface area contributed by atoms with E-state index >= 15 is 0 Å². The third kappa shape index (κ3) is 3.52. The Balaban J connectivity index is 2.07. The monoisotopic (exact) mass is 353 g/mol. The number of rotatable bonds is 4. The summed E-state index contributed by atoms with van der Waals surface area (Å²) >= 11 is 9.51. The molecule has 0 aliphatic carbocycles. The molecule has 0 fully saturated rings. The maximum Gasteiger partial charge on any atom is 0.253 e. The quantitative estimate of drug-likeness (QED) is 0.900. The zero-order chi connectivity index (χ0) is 14.5. The molecule has 2 rings (SSSR count). The van der Waals surface area contributed by atoms with E-state index in [9.17, 15) is 4.79 Å². The number of hydrogen-bond acceptors (Lipinski definition) is 2. The fourth-order valence-corrected chi connectivity index (χ4v) is 2.40. The molecule has 5 heteroatoms. The van der Waals surface area contributed by atoms with Gasteiger partial charge in [-0.2, -0.15) is 0 Å². The third-order valence-corrected chi connectivity index (χ3v) is 3.90. The number of methoxy groups -OCH3 is 1. The van der Waals surface area contributed by atoms with E-state index in [1.165, 1.54) is 0 Å². The molecule has 0 saturated heterocycles. The van der Waals surface area contributed by atoms with Gasteiger partial charge in [0.1, 0.15) is 5.75 Å². The Bertz CT molecular complexity index is 631. The first-order valence-electron chi connectivity index (χ1n) is 5.97. The summed E-state index contributed by atoms with van der Waals surface area (Å²) in [6.45, 7) is 0.433. The molecule has 0 unspecified atom stereocenters. The van der Waals surface area contributed by atoms with E-state index in [1.807, 2.05) is 24.3 Å². The molecule has 1 N–H and O–H groups in total. The third-order valence-electron chi connectivity index (χ3n) is 2.82. The lowest BCUT2D eigenvalue weighted by Crippen LogP contribution is -2.23. The highest BCUT2D eigenvalue weighted by Crippen LogP contribution is 2.22. The lowest BCUT2D eigenvalue weighted by molar-refractivity contribution is 0.0951. The minimum absolute atomic E-state index is 0.214. The van der Waals surface area contributed by atoms with Crippen molar-refractivity contribution in [3.8, 4) is 5.75 Å². The molecule has 0 saturated carbocycles. The predicted molar refractivity (Wildman–Crippen MR) is 83.3 cm³/mol. The molecule has 2 aromatic rings. The van der Waals surface area contributed by atoms with E-state index in [0.717, 1.165) is 10.0 Å². The summed E-state index contributed by atoms with van der Waals surface area (Å²) in [6, 6.07) is 12.7. The maximum atomic E-state index is 12.1. The molecule has 104 valence electrons. The van der Waals surface area contributed by atoms with Gasteiger partial charge < -0.3 is 10.1 Å². The summed E-state index contributed by atoms with van der Waals surface area (Å²) in [5, 5.41) is 3.21. The molecule has 3 nitrogen and oxygen atoms in total. The highest BCUT2D eigenvalue weighted by Gasteiger charge is 2.11. The van der Waals surface area contributed by atoms with Crippen LogP contribution in [-0.2, 0) is 6.54 Å². The number of halogens is 2. The molecule has 0 heterocycles. The first-order valence-corrected chi connectivity index (χ1v) is 7.14. The van der Waals surface area contributed by atoms with Gasteiger partial charge >= 0.3 is 0 Å². The lowest BCUT2D eigenvalue weighted by atomic mass is 10.2. The van der Waals surface area contributed by atoms with Crippen LogP contribution < -0.4 is 10.1 Å². The molecule has 0 radical (unpaired) electrons. The normalized spacial score (nSPS) is 10.2.